The third kappa shape index (κ3) is 2.23. The van der Waals surface area contributed by atoms with E-state index in [1.54, 1.807) is 0 Å². The van der Waals surface area contributed by atoms with Crippen LogP contribution in [0.25, 0.3) is 10.9 Å². The van der Waals surface area contributed by atoms with Crippen LogP contribution in [0.5, 0.6) is 0 Å². The second-order valence-corrected chi connectivity index (χ2v) is 5.15. The number of para-hydroxylation sites is 1. The second kappa shape index (κ2) is 5.03. The zero-order valence-electron chi connectivity index (χ0n) is 11.6. The summed E-state index contributed by atoms with van der Waals surface area (Å²) in [7, 11) is 1.87. The van der Waals surface area contributed by atoms with Crippen LogP contribution >= 0.6 is 0 Å². The minimum absolute atomic E-state index is 0.702. The SMILES string of the molecule is CCC1CCN(c2nc(NC)nc3ccccc23)C1. The molecule has 1 aromatic carbocycles. The van der Waals surface area contributed by atoms with Crippen molar-refractivity contribution >= 4 is 22.7 Å². The molecule has 2 heterocycles. The molecule has 1 aromatic heterocycles. The van der Waals surface area contributed by atoms with Gasteiger partial charge in [-0.2, -0.15) is 4.98 Å². The smallest absolute Gasteiger partial charge is 0.224 e. The van der Waals surface area contributed by atoms with E-state index in [1.807, 2.05) is 13.1 Å². The van der Waals surface area contributed by atoms with Gasteiger partial charge in [0.2, 0.25) is 5.95 Å². The van der Waals surface area contributed by atoms with Crippen LogP contribution in [0, 0.1) is 5.92 Å². The van der Waals surface area contributed by atoms with Crippen molar-refractivity contribution in [3.05, 3.63) is 24.3 Å². The highest BCUT2D eigenvalue weighted by atomic mass is 15.2. The lowest BCUT2D eigenvalue weighted by molar-refractivity contribution is 0.569. The molecule has 1 N–H and O–H groups in total. The van der Waals surface area contributed by atoms with Gasteiger partial charge in [-0.05, 0) is 24.5 Å². The molecule has 1 fully saturated rings. The highest BCUT2D eigenvalue weighted by Crippen LogP contribution is 2.30. The molecule has 1 aliphatic heterocycles. The molecular formula is C15H20N4. The fourth-order valence-electron chi connectivity index (χ4n) is 2.77. The Balaban J connectivity index is 2.06. The first kappa shape index (κ1) is 12.2. The van der Waals surface area contributed by atoms with Gasteiger partial charge in [-0.25, -0.2) is 4.98 Å². The van der Waals surface area contributed by atoms with E-state index >= 15 is 0 Å². The second-order valence-electron chi connectivity index (χ2n) is 5.15. The van der Waals surface area contributed by atoms with Crippen LogP contribution in [0.15, 0.2) is 24.3 Å². The van der Waals surface area contributed by atoms with E-state index < -0.39 is 0 Å². The lowest BCUT2D eigenvalue weighted by Crippen LogP contribution is -2.21. The van der Waals surface area contributed by atoms with E-state index in [0.717, 1.165) is 35.7 Å². The normalized spacial score (nSPS) is 19.1. The minimum atomic E-state index is 0.702. The number of aromatic nitrogens is 2. The quantitative estimate of drug-likeness (QED) is 0.916. The highest BCUT2D eigenvalue weighted by molar-refractivity contribution is 5.90. The summed E-state index contributed by atoms with van der Waals surface area (Å²) >= 11 is 0. The largest absolute Gasteiger partial charge is 0.357 e. The van der Waals surface area contributed by atoms with Crippen molar-refractivity contribution in [1.29, 1.82) is 0 Å². The van der Waals surface area contributed by atoms with Gasteiger partial charge < -0.3 is 10.2 Å². The molecule has 0 radical (unpaired) electrons. The Hall–Kier alpha value is -1.84. The topological polar surface area (TPSA) is 41.1 Å². The van der Waals surface area contributed by atoms with Crippen LogP contribution in [-0.2, 0) is 0 Å². The van der Waals surface area contributed by atoms with Crippen LogP contribution in [0.2, 0.25) is 0 Å². The molecule has 3 rings (SSSR count). The number of anilines is 2. The number of rotatable bonds is 3. The molecule has 4 heteroatoms. The summed E-state index contributed by atoms with van der Waals surface area (Å²) in [5.74, 6) is 2.58. The first-order valence-corrected chi connectivity index (χ1v) is 7.01. The minimum Gasteiger partial charge on any atom is -0.357 e. The average molecular weight is 256 g/mol. The van der Waals surface area contributed by atoms with Crippen LogP contribution in [0.3, 0.4) is 0 Å². The predicted molar refractivity (Wildman–Crippen MR) is 79.7 cm³/mol. The fraction of sp³-hybridized carbons (Fsp3) is 0.467. The van der Waals surface area contributed by atoms with Crippen molar-refractivity contribution in [2.75, 3.05) is 30.4 Å². The predicted octanol–water partition coefficient (Wildman–Crippen LogP) is 2.91. The Morgan fingerprint density at radius 2 is 2.16 bits per heavy atom. The van der Waals surface area contributed by atoms with Crippen molar-refractivity contribution in [3.8, 4) is 0 Å². The van der Waals surface area contributed by atoms with Gasteiger partial charge in [0.1, 0.15) is 5.82 Å². The lowest BCUT2D eigenvalue weighted by Gasteiger charge is -2.20. The average Bonchev–Trinajstić information content (AvgIpc) is 2.94. The Morgan fingerprint density at radius 3 is 2.89 bits per heavy atom. The summed E-state index contributed by atoms with van der Waals surface area (Å²) in [4.78, 5) is 11.6. The van der Waals surface area contributed by atoms with Crippen LogP contribution in [-0.4, -0.2) is 30.1 Å². The zero-order valence-corrected chi connectivity index (χ0v) is 11.6. The summed E-state index contributed by atoms with van der Waals surface area (Å²) in [5, 5.41) is 4.21. The van der Waals surface area contributed by atoms with E-state index in [-0.39, 0.29) is 0 Å². The molecule has 1 atom stereocenters. The van der Waals surface area contributed by atoms with Crippen molar-refractivity contribution < 1.29 is 0 Å². The third-order valence-corrected chi connectivity index (χ3v) is 3.97. The standard InChI is InChI=1S/C15H20N4/c1-3-11-8-9-19(10-11)14-12-6-4-5-7-13(12)17-15(16-2)18-14/h4-7,11H,3,8-10H2,1-2H3,(H,16,17,18). The lowest BCUT2D eigenvalue weighted by atomic mass is 10.1. The van der Waals surface area contributed by atoms with E-state index in [4.69, 9.17) is 0 Å². The first-order chi connectivity index (χ1) is 9.31. The molecule has 0 saturated carbocycles. The van der Waals surface area contributed by atoms with Gasteiger partial charge >= 0.3 is 0 Å². The number of fused-ring (bicyclic) bond motifs is 1. The highest BCUT2D eigenvalue weighted by Gasteiger charge is 2.24. The van der Waals surface area contributed by atoms with Gasteiger partial charge in [0.25, 0.3) is 0 Å². The summed E-state index contributed by atoms with van der Waals surface area (Å²) in [6, 6.07) is 8.25. The van der Waals surface area contributed by atoms with Crippen LogP contribution in [0.4, 0.5) is 11.8 Å². The van der Waals surface area contributed by atoms with Crippen LogP contribution in [0.1, 0.15) is 19.8 Å². The molecule has 1 saturated heterocycles. The summed E-state index contributed by atoms with van der Waals surface area (Å²) in [6.07, 6.45) is 2.52. The van der Waals surface area contributed by atoms with E-state index in [2.05, 4.69) is 45.3 Å². The fourth-order valence-corrected chi connectivity index (χ4v) is 2.77. The first-order valence-electron chi connectivity index (χ1n) is 7.01. The number of nitrogens with zero attached hydrogens (tertiary/aromatic N) is 3. The summed E-state index contributed by atoms with van der Waals surface area (Å²) in [6.45, 7) is 4.48. The molecule has 19 heavy (non-hydrogen) atoms. The van der Waals surface area contributed by atoms with Crippen molar-refractivity contribution in [1.82, 2.24) is 9.97 Å². The van der Waals surface area contributed by atoms with Crippen molar-refractivity contribution in [2.24, 2.45) is 5.92 Å². The number of hydrogen-bond acceptors (Lipinski definition) is 4. The van der Waals surface area contributed by atoms with Gasteiger partial charge in [0.05, 0.1) is 5.52 Å². The molecule has 2 aromatic rings. The zero-order chi connectivity index (χ0) is 13.2. The Kier molecular flexibility index (Phi) is 3.23. The third-order valence-electron chi connectivity index (χ3n) is 3.97. The molecule has 0 spiro atoms. The summed E-state index contributed by atoms with van der Waals surface area (Å²) < 4.78 is 0. The molecule has 0 bridgehead atoms. The number of hydrogen-bond donors (Lipinski definition) is 1. The van der Waals surface area contributed by atoms with Gasteiger partial charge in [0, 0.05) is 25.5 Å². The van der Waals surface area contributed by atoms with Gasteiger partial charge in [-0.3, -0.25) is 0 Å². The molecule has 1 unspecified atom stereocenters. The molecular weight excluding hydrogens is 236 g/mol. The molecule has 0 amide bonds. The number of benzene rings is 1. The number of nitrogens with one attached hydrogen (secondary N) is 1. The van der Waals surface area contributed by atoms with E-state index in [1.165, 1.54) is 12.8 Å². The van der Waals surface area contributed by atoms with E-state index in [9.17, 15) is 0 Å². The summed E-state index contributed by atoms with van der Waals surface area (Å²) in [5.41, 5.74) is 1.01. The molecule has 4 nitrogen and oxygen atoms in total. The van der Waals surface area contributed by atoms with Gasteiger partial charge in [-0.15, -0.1) is 0 Å². The Labute approximate surface area is 113 Å². The van der Waals surface area contributed by atoms with Gasteiger partial charge in [-0.1, -0.05) is 25.5 Å². The molecule has 1 aliphatic rings. The van der Waals surface area contributed by atoms with E-state index in [0.29, 0.717) is 5.95 Å². The van der Waals surface area contributed by atoms with Crippen LogP contribution < -0.4 is 10.2 Å². The molecule has 100 valence electrons. The Bertz CT molecular complexity index is 581. The maximum Gasteiger partial charge on any atom is 0.224 e. The maximum absolute atomic E-state index is 4.67. The monoisotopic (exact) mass is 256 g/mol. The van der Waals surface area contributed by atoms with Gasteiger partial charge in [0.15, 0.2) is 0 Å². The Morgan fingerprint density at radius 1 is 1.32 bits per heavy atom. The maximum atomic E-state index is 4.67. The molecule has 0 aliphatic carbocycles. The van der Waals surface area contributed by atoms with Crippen molar-refractivity contribution in [2.45, 2.75) is 19.8 Å². The van der Waals surface area contributed by atoms with Crippen molar-refractivity contribution in [3.63, 3.8) is 0 Å².